The van der Waals surface area contributed by atoms with E-state index in [0.717, 1.165) is 12.0 Å². The third kappa shape index (κ3) is 2.24. The SMILES string of the molecule is C=C(CC)CC(O)c1ccco1. The predicted octanol–water partition coefficient (Wildman–Crippen LogP) is 2.67. The van der Waals surface area contributed by atoms with Crippen LogP contribution in [0, 0.1) is 0 Å². The van der Waals surface area contributed by atoms with E-state index in [2.05, 4.69) is 6.58 Å². The second-order valence-electron chi connectivity index (χ2n) is 2.84. The third-order valence-corrected chi connectivity index (χ3v) is 1.85. The molecule has 1 atom stereocenters. The Morgan fingerprint density at radius 2 is 2.50 bits per heavy atom. The van der Waals surface area contributed by atoms with E-state index in [1.54, 1.807) is 18.4 Å². The molecule has 12 heavy (non-hydrogen) atoms. The maximum atomic E-state index is 9.56. The van der Waals surface area contributed by atoms with Gasteiger partial charge in [-0.15, -0.1) is 0 Å². The normalized spacial score (nSPS) is 12.8. The van der Waals surface area contributed by atoms with E-state index in [4.69, 9.17) is 4.42 Å². The molecule has 1 aromatic heterocycles. The monoisotopic (exact) mass is 166 g/mol. The third-order valence-electron chi connectivity index (χ3n) is 1.85. The summed E-state index contributed by atoms with van der Waals surface area (Å²) in [7, 11) is 0. The molecule has 2 nitrogen and oxygen atoms in total. The zero-order valence-electron chi connectivity index (χ0n) is 7.29. The summed E-state index contributed by atoms with van der Waals surface area (Å²) in [5, 5.41) is 9.56. The molecule has 66 valence electrons. The van der Waals surface area contributed by atoms with Gasteiger partial charge in [0.2, 0.25) is 0 Å². The van der Waals surface area contributed by atoms with Crippen molar-refractivity contribution in [2.75, 3.05) is 0 Å². The van der Waals surface area contributed by atoms with Crippen LogP contribution in [-0.2, 0) is 0 Å². The minimum Gasteiger partial charge on any atom is -0.467 e. The first-order valence-corrected chi connectivity index (χ1v) is 4.12. The van der Waals surface area contributed by atoms with Crippen molar-refractivity contribution in [2.24, 2.45) is 0 Å². The Hall–Kier alpha value is -1.02. The molecule has 0 bridgehead atoms. The second-order valence-corrected chi connectivity index (χ2v) is 2.84. The van der Waals surface area contributed by atoms with Crippen LogP contribution in [0.5, 0.6) is 0 Å². The summed E-state index contributed by atoms with van der Waals surface area (Å²) < 4.78 is 5.05. The summed E-state index contributed by atoms with van der Waals surface area (Å²) >= 11 is 0. The number of rotatable bonds is 4. The lowest BCUT2D eigenvalue weighted by Gasteiger charge is -2.07. The lowest BCUT2D eigenvalue weighted by Crippen LogP contribution is -1.96. The van der Waals surface area contributed by atoms with E-state index in [1.807, 2.05) is 6.92 Å². The van der Waals surface area contributed by atoms with Gasteiger partial charge in [0.15, 0.2) is 0 Å². The average molecular weight is 166 g/mol. The van der Waals surface area contributed by atoms with Gasteiger partial charge in [-0.25, -0.2) is 0 Å². The highest BCUT2D eigenvalue weighted by molar-refractivity contribution is 5.06. The smallest absolute Gasteiger partial charge is 0.132 e. The van der Waals surface area contributed by atoms with E-state index in [0.29, 0.717) is 12.2 Å². The van der Waals surface area contributed by atoms with Crippen molar-refractivity contribution in [3.05, 3.63) is 36.3 Å². The molecule has 1 aromatic rings. The zero-order chi connectivity index (χ0) is 8.97. The van der Waals surface area contributed by atoms with Crippen LogP contribution < -0.4 is 0 Å². The molecule has 0 saturated carbocycles. The van der Waals surface area contributed by atoms with Crippen LogP contribution >= 0.6 is 0 Å². The number of hydrogen-bond acceptors (Lipinski definition) is 2. The van der Waals surface area contributed by atoms with Crippen molar-refractivity contribution in [2.45, 2.75) is 25.9 Å². The van der Waals surface area contributed by atoms with Crippen LogP contribution in [-0.4, -0.2) is 5.11 Å². The van der Waals surface area contributed by atoms with Crippen molar-refractivity contribution >= 4 is 0 Å². The topological polar surface area (TPSA) is 33.4 Å². The van der Waals surface area contributed by atoms with Crippen LogP contribution in [0.4, 0.5) is 0 Å². The molecular weight excluding hydrogens is 152 g/mol. The van der Waals surface area contributed by atoms with Crippen LogP contribution in [0.15, 0.2) is 35.0 Å². The molecule has 0 aliphatic heterocycles. The molecule has 0 saturated heterocycles. The predicted molar refractivity (Wildman–Crippen MR) is 47.7 cm³/mol. The van der Waals surface area contributed by atoms with Crippen LogP contribution in [0.3, 0.4) is 0 Å². The molecule has 0 aromatic carbocycles. The van der Waals surface area contributed by atoms with Crippen molar-refractivity contribution in [1.82, 2.24) is 0 Å². The van der Waals surface area contributed by atoms with Crippen molar-refractivity contribution < 1.29 is 9.52 Å². The van der Waals surface area contributed by atoms with Gasteiger partial charge in [0.05, 0.1) is 6.26 Å². The summed E-state index contributed by atoms with van der Waals surface area (Å²) in [6.07, 6.45) is 2.52. The highest BCUT2D eigenvalue weighted by Crippen LogP contribution is 2.21. The Kier molecular flexibility index (Phi) is 3.11. The van der Waals surface area contributed by atoms with Gasteiger partial charge in [-0.05, 0) is 18.6 Å². The van der Waals surface area contributed by atoms with Crippen molar-refractivity contribution in [3.8, 4) is 0 Å². The molecule has 0 amide bonds. The maximum absolute atomic E-state index is 9.56. The highest BCUT2D eigenvalue weighted by Gasteiger charge is 2.10. The first-order chi connectivity index (χ1) is 5.74. The van der Waals surface area contributed by atoms with Crippen LogP contribution in [0.1, 0.15) is 31.6 Å². The van der Waals surface area contributed by atoms with Gasteiger partial charge in [0.25, 0.3) is 0 Å². The molecule has 2 heteroatoms. The average Bonchev–Trinajstić information content (AvgIpc) is 2.56. The van der Waals surface area contributed by atoms with E-state index in [9.17, 15) is 5.11 Å². The van der Waals surface area contributed by atoms with E-state index >= 15 is 0 Å². The van der Waals surface area contributed by atoms with E-state index in [-0.39, 0.29) is 0 Å². The summed E-state index contributed by atoms with van der Waals surface area (Å²) in [5.41, 5.74) is 1.04. The summed E-state index contributed by atoms with van der Waals surface area (Å²) in [6, 6.07) is 3.54. The molecule has 1 N–H and O–H groups in total. The first-order valence-electron chi connectivity index (χ1n) is 4.12. The molecule has 0 aliphatic rings. The van der Waals surface area contributed by atoms with Gasteiger partial charge in [0, 0.05) is 6.42 Å². The maximum Gasteiger partial charge on any atom is 0.132 e. The number of furan rings is 1. The van der Waals surface area contributed by atoms with E-state index < -0.39 is 6.10 Å². The summed E-state index contributed by atoms with van der Waals surface area (Å²) in [4.78, 5) is 0. The Morgan fingerprint density at radius 3 is 3.00 bits per heavy atom. The Bertz CT molecular complexity index is 236. The minimum atomic E-state index is -0.535. The van der Waals surface area contributed by atoms with Gasteiger partial charge in [-0.1, -0.05) is 19.1 Å². The molecule has 1 unspecified atom stereocenters. The first kappa shape index (κ1) is 9.07. The second kappa shape index (κ2) is 4.12. The number of aliphatic hydroxyl groups excluding tert-OH is 1. The molecule has 0 fully saturated rings. The zero-order valence-corrected chi connectivity index (χ0v) is 7.29. The van der Waals surface area contributed by atoms with Crippen LogP contribution in [0.2, 0.25) is 0 Å². The molecular formula is C10H14O2. The summed E-state index contributed by atoms with van der Waals surface area (Å²) in [5.74, 6) is 0.615. The summed E-state index contributed by atoms with van der Waals surface area (Å²) in [6.45, 7) is 5.85. The largest absolute Gasteiger partial charge is 0.467 e. The minimum absolute atomic E-state index is 0.535. The molecule has 0 radical (unpaired) electrons. The molecule has 0 aliphatic carbocycles. The quantitative estimate of drug-likeness (QED) is 0.697. The number of hydrogen-bond donors (Lipinski definition) is 1. The molecule has 1 rings (SSSR count). The standard InChI is InChI=1S/C10H14O2/c1-3-8(2)7-9(11)10-5-4-6-12-10/h4-6,9,11H,2-3,7H2,1H3. The highest BCUT2D eigenvalue weighted by atomic mass is 16.4. The fraction of sp³-hybridized carbons (Fsp3) is 0.400. The molecule has 0 spiro atoms. The van der Waals surface area contributed by atoms with Gasteiger partial charge < -0.3 is 9.52 Å². The Morgan fingerprint density at radius 1 is 1.75 bits per heavy atom. The molecule has 1 heterocycles. The van der Waals surface area contributed by atoms with Gasteiger partial charge >= 0.3 is 0 Å². The van der Waals surface area contributed by atoms with Gasteiger partial charge in [0.1, 0.15) is 11.9 Å². The fourth-order valence-electron chi connectivity index (χ4n) is 0.999. The number of aliphatic hydroxyl groups is 1. The Balaban J connectivity index is 2.49. The lowest BCUT2D eigenvalue weighted by molar-refractivity contribution is 0.149. The van der Waals surface area contributed by atoms with Crippen molar-refractivity contribution in [3.63, 3.8) is 0 Å². The fourth-order valence-corrected chi connectivity index (χ4v) is 0.999. The Labute approximate surface area is 72.5 Å². The van der Waals surface area contributed by atoms with Crippen molar-refractivity contribution in [1.29, 1.82) is 0 Å². The van der Waals surface area contributed by atoms with Gasteiger partial charge in [-0.2, -0.15) is 0 Å². The van der Waals surface area contributed by atoms with E-state index in [1.165, 1.54) is 0 Å². The van der Waals surface area contributed by atoms with Gasteiger partial charge in [-0.3, -0.25) is 0 Å². The lowest BCUT2D eigenvalue weighted by atomic mass is 10.1. The van der Waals surface area contributed by atoms with Crippen LogP contribution in [0.25, 0.3) is 0 Å².